The SMILES string of the molecule is NCC1CCCN1Cc1ccc(Br)cc1F. The standard InChI is InChI=1S/C12H16BrFN2/c13-10-4-3-9(12(14)6-10)8-16-5-1-2-11(16)7-15/h3-4,6,11H,1-2,5,7-8,15H2. The van der Waals surface area contributed by atoms with Gasteiger partial charge in [-0.05, 0) is 31.5 Å². The average Bonchev–Trinajstić information content (AvgIpc) is 2.69. The summed E-state index contributed by atoms with van der Waals surface area (Å²) in [4.78, 5) is 2.27. The highest BCUT2D eigenvalue weighted by molar-refractivity contribution is 9.10. The summed E-state index contributed by atoms with van der Waals surface area (Å²) in [5, 5.41) is 0. The van der Waals surface area contributed by atoms with E-state index in [9.17, 15) is 4.39 Å². The van der Waals surface area contributed by atoms with Crippen LogP contribution in [0.4, 0.5) is 4.39 Å². The second-order valence-corrected chi connectivity index (χ2v) is 5.15. The van der Waals surface area contributed by atoms with Crippen LogP contribution in [0.2, 0.25) is 0 Å². The van der Waals surface area contributed by atoms with Crippen molar-refractivity contribution in [1.29, 1.82) is 0 Å². The van der Waals surface area contributed by atoms with Crippen molar-refractivity contribution in [1.82, 2.24) is 4.90 Å². The molecule has 0 saturated carbocycles. The van der Waals surface area contributed by atoms with E-state index in [2.05, 4.69) is 20.8 Å². The highest BCUT2D eigenvalue weighted by Crippen LogP contribution is 2.22. The summed E-state index contributed by atoms with van der Waals surface area (Å²) in [6.07, 6.45) is 2.30. The highest BCUT2D eigenvalue weighted by Gasteiger charge is 2.23. The number of hydrogen-bond acceptors (Lipinski definition) is 2. The number of nitrogens with zero attached hydrogens (tertiary/aromatic N) is 1. The third-order valence-corrected chi connectivity index (χ3v) is 3.65. The second-order valence-electron chi connectivity index (χ2n) is 4.24. The molecule has 1 unspecified atom stereocenters. The van der Waals surface area contributed by atoms with Crippen LogP contribution in [0.15, 0.2) is 22.7 Å². The van der Waals surface area contributed by atoms with Gasteiger partial charge >= 0.3 is 0 Å². The maximum absolute atomic E-state index is 13.6. The van der Waals surface area contributed by atoms with E-state index in [1.54, 1.807) is 0 Å². The van der Waals surface area contributed by atoms with Crippen LogP contribution in [0.1, 0.15) is 18.4 Å². The molecule has 2 rings (SSSR count). The van der Waals surface area contributed by atoms with Crippen molar-refractivity contribution in [3.05, 3.63) is 34.1 Å². The summed E-state index contributed by atoms with van der Waals surface area (Å²) in [7, 11) is 0. The molecule has 1 aromatic carbocycles. The van der Waals surface area contributed by atoms with Gasteiger partial charge in [0.2, 0.25) is 0 Å². The van der Waals surface area contributed by atoms with Crippen LogP contribution in [0.3, 0.4) is 0 Å². The Kier molecular flexibility index (Phi) is 3.95. The van der Waals surface area contributed by atoms with Crippen molar-refractivity contribution < 1.29 is 4.39 Å². The Morgan fingerprint density at radius 3 is 3.00 bits per heavy atom. The summed E-state index contributed by atoms with van der Waals surface area (Å²) < 4.78 is 14.4. The average molecular weight is 287 g/mol. The first-order valence-electron chi connectivity index (χ1n) is 5.58. The quantitative estimate of drug-likeness (QED) is 0.925. The first-order chi connectivity index (χ1) is 7.70. The van der Waals surface area contributed by atoms with Crippen molar-refractivity contribution in [3.8, 4) is 0 Å². The number of halogens is 2. The van der Waals surface area contributed by atoms with Crippen LogP contribution in [0.5, 0.6) is 0 Å². The summed E-state index contributed by atoms with van der Waals surface area (Å²) in [5.74, 6) is -0.142. The van der Waals surface area contributed by atoms with Gasteiger partial charge in [0.15, 0.2) is 0 Å². The smallest absolute Gasteiger partial charge is 0.128 e. The number of benzene rings is 1. The lowest BCUT2D eigenvalue weighted by molar-refractivity contribution is 0.247. The fourth-order valence-corrected chi connectivity index (χ4v) is 2.57. The maximum Gasteiger partial charge on any atom is 0.128 e. The van der Waals surface area contributed by atoms with Gasteiger partial charge in [0, 0.05) is 29.2 Å². The van der Waals surface area contributed by atoms with Gasteiger partial charge in [0.05, 0.1) is 0 Å². The van der Waals surface area contributed by atoms with Gasteiger partial charge in [-0.1, -0.05) is 22.0 Å². The molecule has 4 heteroatoms. The molecule has 0 aliphatic carbocycles. The van der Waals surface area contributed by atoms with Gasteiger partial charge in [0.25, 0.3) is 0 Å². The van der Waals surface area contributed by atoms with E-state index in [0.29, 0.717) is 19.1 Å². The van der Waals surface area contributed by atoms with Crippen LogP contribution < -0.4 is 5.73 Å². The molecular formula is C12H16BrFN2. The largest absolute Gasteiger partial charge is 0.329 e. The number of likely N-dealkylation sites (tertiary alicyclic amines) is 1. The van der Waals surface area contributed by atoms with E-state index < -0.39 is 0 Å². The minimum absolute atomic E-state index is 0.142. The lowest BCUT2D eigenvalue weighted by Crippen LogP contribution is -2.35. The third-order valence-electron chi connectivity index (χ3n) is 3.16. The van der Waals surface area contributed by atoms with Crippen molar-refractivity contribution in [3.63, 3.8) is 0 Å². The van der Waals surface area contributed by atoms with Crippen molar-refractivity contribution in [2.75, 3.05) is 13.1 Å². The molecule has 0 aromatic heterocycles. The monoisotopic (exact) mass is 286 g/mol. The molecule has 1 aromatic rings. The summed E-state index contributed by atoms with van der Waals surface area (Å²) >= 11 is 3.26. The predicted molar refractivity (Wildman–Crippen MR) is 66.6 cm³/mol. The lowest BCUT2D eigenvalue weighted by atomic mass is 10.1. The molecule has 1 fully saturated rings. The van der Waals surface area contributed by atoms with Gasteiger partial charge in [-0.3, -0.25) is 4.90 Å². The van der Waals surface area contributed by atoms with E-state index in [0.717, 1.165) is 23.0 Å². The molecule has 1 aliphatic heterocycles. The molecule has 2 nitrogen and oxygen atoms in total. The van der Waals surface area contributed by atoms with Crippen LogP contribution in [0.25, 0.3) is 0 Å². The summed E-state index contributed by atoms with van der Waals surface area (Å²) in [5.41, 5.74) is 6.45. The molecular weight excluding hydrogens is 271 g/mol. The van der Waals surface area contributed by atoms with Gasteiger partial charge in [-0.25, -0.2) is 4.39 Å². The molecule has 1 saturated heterocycles. The lowest BCUT2D eigenvalue weighted by Gasteiger charge is -2.23. The Morgan fingerprint density at radius 1 is 1.50 bits per heavy atom. The molecule has 2 N–H and O–H groups in total. The predicted octanol–water partition coefficient (Wildman–Crippen LogP) is 2.51. The van der Waals surface area contributed by atoms with Crippen molar-refractivity contribution in [2.24, 2.45) is 5.73 Å². The topological polar surface area (TPSA) is 29.3 Å². The Hall–Kier alpha value is -0.450. The van der Waals surface area contributed by atoms with Gasteiger partial charge in [-0.2, -0.15) is 0 Å². The molecule has 1 atom stereocenters. The van der Waals surface area contributed by atoms with Crippen LogP contribution in [-0.2, 0) is 6.54 Å². The van der Waals surface area contributed by atoms with Crippen LogP contribution in [0, 0.1) is 5.82 Å². The van der Waals surface area contributed by atoms with Crippen LogP contribution >= 0.6 is 15.9 Å². The fraction of sp³-hybridized carbons (Fsp3) is 0.500. The second kappa shape index (κ2) is 5.25. The van der Waals surface area contributed by atoms with Gasteiger partial charge in [0.1, 0.15) is 5.82 Å². The molecule has 16 heavy (non-hydrogen) atoms. The normalized spacial score (nSPS) is 21.6. The molecule has 0 spiro atoms. The Labute approximate surface area is 104 Å². The van der Waals surface area contributed by atoms with Gasteiger partial charge < -0.3 is 5.73 Å². The summed E-state index contributed by atoms with van der Waals surface area (Å²) in [6, 6.07) is 5.66. The van der Waals surface area contributed by atoms with E-state index in [4.69, 9.17) is 5.73 Å². The Bertz CT molecular complexity index is 370. The molecule has 0 bridgehead atoms. The molecule has 1 heterocycles. The van der Waals surface area contributed by atoms with Crippen molar-refractivity contribution in [2.45, 2.75) is 25.4 Å². The Balaban J connectivity index is 2.08. The molecule has 88 valence electrons. The molecule has 0 radical (unpaired) electrons. The number of nitrogens with two attached hydrogens (primary N) is 1. The fourth-order valence-electron chi connectivity index (χ4n) is 2.24. The summed E-state index contributed by atoms with van der Waals surface area (Å²) in [6.45, 7) is 2.36. The Morgan fingerprint density at radius 2 is 2.31 bits per heavy atom. The first kappa shape index (κ1) is 12.0. The minimum Gasteiger partial charge on any atom is -0.329 e. The van der Waals surface area contributed by atoms with Crippen molar-refractivity contribution >= 4 is 15.9 Å². The van der Waals surface area contributed by atoms with E-state index in [-0.39, 0.29) is 5.82 Å². The van der Waals surface area contributed by atoms with E-state index >= 15 is 0 Å². The zero-order valence-electron chi connectivity index (χ0n) is 9.13. The number of hydrogen-bond donors (Lipinski definition) is 1. The minimum atomic E-state index is -0.142. The first-order valence-corrected chi connectivity index (χ1v) is 6.38. The molecule has 1 aliphatic rings. The highest BCUT2D eigenvalue weighted by atomic mass is 79.9. The van der Waals surface area contributed by atoms with Crippen LogP contribution in [-0.4, -0.2) is 24.0 Å². The van der Waals surface area contributed by atoms with E-state index in [1.165, 1.54) is 12.5 Å². The zero-order valence-corrected chi connectivity index (χ0v) is 10.7. The third kappa shape index (κ3) is 2.62. The maximum atomic E-state index is 13.6. The zero-order chi connectivity index (χ0) is 11.5. The molecule has 0 amide bonds. The number of rotatable bonds is 3. The van der Waals surface area contributed by atoms with E-state index in [1.807, 2.05) is 12.1 Å². The van der Waals surface area contributed by atoms with Gasteiger partial charge in [-0.15, -0.1) is 0 Å².